The third kappa shape index (κ3) is 3.11. The van der Waals surface area contributed by atoms with E-state index in [1.807, 2.05) is 35.7 Å². The second-order valence-corrected chi connectivity index (χ2v) is 6.27. The lowest BCUT2D eigenvalue weighted by molar-refractivity contribution is 1.07. The van der Waals surface area contributed by atoms with Gasteiger partial charge >= 0.3 is 0 Å². The molecule has 2 N–H and O–H groups in total. The zero-order valence-corrected chi connectivity index (χ0v) is 13.3. The summed E-state index contributed by atoms with van der Waals surface area (Å²) in [5.74, 6) is 0. The third-order valence-electron chi connectivity index (χ3n) is 3.12. The molecule has 0 aliphatic rings. The van der Waals surface area contributed by atoms with Gasteiger partial charge in [0, 0.05) is 28.1 Å². The van der Waals surface area contributed by atoms with E-state index < -0.39 is 0 Å². The first kappa shape index (κ1) is 14.5. The van der Waals surface area contributed by atoms with Crippen molar-refractivity contribution < 1.29 is 0 Å². The van der Waals surface area contributed by atoms with Crippen LogP contribution >= 0.6 is 34.5 Å². The largest absolute Gasteiger partial charge is 0.326 e. The molecule has 0 unspecified atom stereocenters. The maximum atomic E-state index is 6.23. The van der Waals surface area contributed by atoms with Crippen LogP contribution in [0.3, 0.4) is 0 Å². The molecule has 0 spiro atoms. The van der Waals surface area contributed by atoms with Gasteiger partial charge in [-0.05, 0) is 29.8 Å². The summed E-state index contributed by atoms with van der Waals surface area (Å²) in [4.78, 5) is 4.67. The van der Waals surface area contributed by atoms with Crippen LogP contribution in [0.15, 0.2) is 47.8 Å². The fourth-order valence-corrected chi connectivity index (χ4v) is 3.38. The van der Waals surface area contributed by atoms with Crippen molar-refractivity contribution in [1.29, 1.82) is 0 Å². The third-order valence-corrected chi connectivity index (χ3v) is 4.56. The number of halogens is 2. The van der Waals surface area contributed by atoms with Gasteiger partial charge in [0.2, 0.25) is 0 Å². The standard InChI is InChI=1S/C16H12Cl2N2S/c17-12-4-5-13(14(18)7-12)15-9-21-16(20-15)11-3-1-2-10(6-11)8-19/h1-7,9H,8,19H2. The Morgan fingerprint density at radius 1 is 1.10 bits per heavy atom. The fraction of sp³-hybridized carbons (Fsp3) is 0.0625. The molecule has 0 saturated heterocycles. The smallest absolute Gasteiger partial charge is 0.124 e. The molecule has 21 heavy (non-hydrogen) atoms. The zero-order chi connectivity index (χ0) is 14.8. The minimum atomic E-state index is 0.523. The summed E-state index contributed by atoms with van der Waals surface area (Å²) in [6.45, 7) is 0.523. The maximum absolute atomic E-state index is 6.23. The Bertz CT molecular complexity index is 783. The number of nitrogens with zero attached hydrogens (tertiary/aromatic N) is 1. The van der Waals surface area contributed by atoms with E-state index in [1.165, 1.54) is 0 Å². The fourth-order valence-electron chi connectivity index (χ4n) is 2.06. The molecule has 0 fully saturated rings. The highest BCUT2D eigenvalue weighted by Gasteiger charge is 2.10. The van der Waals surface area contributed by atoms with Crippen molar-refractivity contribution in [3.05, 3.63) is 63.5 Å². The number of thiazole rings is 1. The summed E-state index contributed by atoms with van der Waals surface area (Å²) in [5.41, 5.74) is 9.58. The van der Waals surface area contributed by atoms with Gasteiger partial charge in [0.05, 0.1) is 10.7 Å². The first-order valence-corrected chi connectivity index (χ1v) is 8.01. The first-order valence-electron chi connectivity index (χ1n) is 6.37. The number of benzene rings is 2. The van der Waals surface area contributed by atoms with Gasteiger partial charge < -0.3 is 5.73 Å². The van der Waals surface area contributed by atoms with Crippen LogP contribution in [0.4, 0.5) is 0 Å². The van der Waals surface area contributed by atoms with Crippen molar-refractivity contribution in [2.45, 2.75) is 6.54 Å². The maximum Gasteiger partial charge on any atom is 0.124 e. The lowest BCUT2D eigenvalue weighted by Gasteiger charge is -2.02. The highest BCUT2D eigenvalue weighted by atomic mass is 35.5. The van der Waals surface area contributed by atoms with Crippen molar-refractivity contribution >= 4 is 34.5 Å². The average molecular weight is 335 g/mol. The molecule has 0 bridgehead atoms. The van der Waals surface area contributed by atoms with E-state index >= 15 is 0 Å². The van der Waals surface area contributed by atoms with Crippen LogP contribution in [-0.2, 0) is 6.54 Å². The predicted octanol–water partition coefficient (Wildman–Crippen LogP) is 5.24. The van der Waals surface area contributed by atoms with Crippen molar-refractivity contribution in [3.8, 4) is 21.8 Å². The van der Waals surface area contributed by atoms with E-state index in [1.54, 1.807) is 17.4 Å². The zero-order valence-electron chi connectivity index (χ0n) is 11.0. The molecule has 0 radical (unpaired) electrons. The Balaban J connectivity index is 1.99. The molecule has 0 atom stereocenters. The molecule has 0 amide bonds. The molecule has 1 heterocycles. The number of aromatic nitrogens is 1. The highest BCUT2D eigenvalue weighted by Crippen LogP contribution is 2.34. The number of hydrogen-bond donors (Lipinski definition) is 1. The van der Waals surface area contributed by atoms with Crippen LogP contribution in [0.1, 0.15) is 5.56 Å². The van der Waals surface area contributed by atoms with Gasteiger partial charge in [0.15, 0.2) is 0 Å². The molecule has 5 heteroatoms. The van der Waals surface area contributed by atoms with Gasteiger partial charge in [-0.2, -0.15) is 0 Å². The first-order chi connectivity index (χ1) is 10.2. The van der Waals surface area contributed by atoms with E-state index in [0.29, 0.717) is 16.6 Å². The summed E-state index contributed by atoms with van der Waals surface area (Å²) in [6.07, 6.45) is 0. The normalized spacial score (nSPS) is 10.8. The summed E-state index contributed by atoms with van der Waals surface area (Å²) >= 11 is 13.7. The summed E-state index contributed by atoms with van der Waals surface area (Å²) in [7, 11) is 0. The Morgan fingerprint density at radius 2 is 1.95 bits per heavy atom. The number of hydrogen-bond acceptors (Lipinski definition) is 3. The summed E-state index contributed by atoms with van der Waals surface area (Å²) < 4.78 is 0. The van der Waals surface area contributed by atoms with Gasteiger partial charge in [-0.15, -0.1) is 11.3 Å². The Morgan fingerprint density at radius 3 is 2.71 bits per heavy atom. The van der Waals surface area contributed by atoms with Crippen LogP contribution < -0.4 is 5.73 Å². The van der Waals surface area contributed by atoms with Crippen LogP contribution in [-0.4, -0.2) is 4.98 Å². The topological polar surface area (TPSA) is 38.9 Å². The average Bonchev–Trinajstić information content (AvgIpc) is 2.97. The number of rotatable bonds is 3. The quantitative estimate of drug-likeness (QED) is 0.711. The molecule has 3 rings (SSSR count). The van der Waals surface area contributed by atoms with E-state index in [-0.39, 0.29) is 0 Å². The van der Waals surface area contributed by atoms with Gasteiger partial charge in [-0.25, -0.2) is 4.98 Å². The summed E-state index contributed by atoms with van der Waals surface area (Å²) in [6, 6.07) is 13.5. The molecule has 1 aromatic heterocycles. The van der Waals surface area contributed by atoms with Crippen molar-refractivity contribution in [2.75, 3.05) is 0 Å². The molecule has 0 aliphatic heterocycles. The molecule has 106 valence electrons. The van der Waals surface area contributed by atoms with Crippen LogP contribution in [0, 0.1) is 0 Å². The Kier molecular flexibility index (Phi) is 4.27. The van der Waals surface area contributed by atoms with E-state index in [0.717, 1.165) is 27.4 Å². The number of nitrogens with two attached hydrogens (primary N) is 1. The van der Waals surface area contributed by atoms with Gasteiger partial charge in [-0.1, -0.05) is 41.4 Å². The Labute approximate surface area is 137 Å². The molecule has 0 saturated carbocycles. The second kappa shape index (κ2) is 6.16. The minimum Gasteiger partial charge on any atom is -0.326 e. The Hall–Kier alpha value is -1.39. The monoisotopic (exact) mass is 334 g/mol. The molecule has 2 aromatic carbocycles. The van der Waals surface area contributed by atoms with Crippen molar-refractivity contribution in [1.82, 2.24) is 4.98 Å². The van der Waals surface area contributed by atoms with Crippen LogP contribution in [0.25, 0.3) is 21.8 Å². The van der Waals surface area contributed by atoms with Crippen LogP contribution in [0.2, 0.25) is 10.0 Å². The van der Waals surface area contributed by atoms with E-state index in [4.69, 9.17) is 28.9 Å². The summed E-state index contributed by atoms with van der Waals surface area (Å²) in [5, 5.41) is 4.18. The van der Waals surface area contributed by atoms with Gasteiger partial charge in [0.25, 0.3) is 0 Å². The van der Waals surface area contributed by atoms with Gasteiger partial charge in [-0.3, -0.25) is 0 Å². The van der Waals surface area contributed by atoms with Crippen molar-refractivity contribution in [2.24, 2.45) is 5.73 Å². The predicted molar refractivity (Wildman–Crippen MR) is 90.9 cm³/mol. The van der Waals surface area contributed by atoms with E-state index in [9.17, 15) is 0 Å². The molecular formula is C16H12Cl2N2S. The lowest BCUT2D eigenvalue weighted by Crippen LogP contribution is -1.95. The molecule has 0 aliphatic carbocycles. The minimum absolute atomic E-state index is 0.523. The molecule has 2 nitrogen and oxygen atoms in total. The second-order valence-electron chi connectivity index (χ2n) is 4.57. The highest BCUT2D eigenvalue weighted by molar-refractivity contribution is 7.13. The molecular weight excluding hydrogens is 323 g/mol. The van der Waals surface area contributed by atoms with Crippen LogP contribution in [0.5, 0.6) is 0 Å². The lowest BCUT2D eigenvalue weighted by atomic mass is 10.1. The van der Waals surface area contributed by atoms with Crippen molar-refractivity contribution in [3.63, 3.8) is 0 Å². The molecule has 3 aromatic rings. The van der Waals surface area contributed by atoms with Gasteiger partial charge in [0.1, 0.15) is 5.01 Å². The SMILES string of the molecule is NCc1cccc(-c2nc(-c3ccc(Cl)cc3Cl)cs2)c1. The van der Waals surface area contributed by atoms with E-state index in [2.05, 4.69) is 11.1 Å².